The summed E-state index contributed by atoms with van der Waals surface area (Å²) in [5.41, 5.74) is 0. The van der Waals surface area contributed by atoms with Crippen LogP contribution in [0.25, 0.3) is 0 Å². The molecule has 19 heavy (non-hydrogen) atoms. The van der Waals surface area contributed by atoms with Gasteiger partial charge in [0.25, 0.3) is 0 Å². The Bertz CT molecular complexity index is 321. The van der Waals surface area contributed by atoms with E-state index in [1.165, 1.54) is 7.11 Å². The molecular weight excluding hydrogens is 272 g/mol. The normalized spacial score (nSPS) is 27.0. The Balaban J connectivity index is 0.00000180. The number of rotatable bonds is 4. The van der Waals surface area contributed by atoms with E-state index in [2.05, 4.69) is 10.1 Å². The third-order valence-electron chi connectivity index (χ3n) is 3.43. The Morgan fingerprint density at radius 1 is 1.58 bits per heavy atom. The van der Waals surface area contributed by atoms with E-state index in [9.17, 15) is 9.59 Å². The van der Waals surface area contributed by atoms with Crippen molar-refractivity contribution in [3.05, 3.63) is 0 Å². The summed E-state index contributed by atoms with van der Waals surface area (Å²) in [6.45, 7) is 2.81. The Morgan fingerprint density at radius 2 is 2.37 bits per heavy atom. The van der Waals surface area contributed by atoms with E-state index in [-0.39, 0.29) is 36.8 Å². The lowest BCUT2D eigenvalue weighted by molar-refractivity contribution is -0.146. The summed E-state index contributed by atoms with van der Waals surface area (Å²) in [6, 6.07) is -0.451. The fraction of sp³-hybridized carbons (Fsp3) is 0.833. The number of nitrogens with zero attached hydrogens (tertiary/aromatic N) is 1. The quantitative estimate of drug-likeness (QED) is 0.736. The van der Waals surface area contributed by atoms with Crippen molar-refractivity contribution in [1.29, 1.82) is 0 Å². The lowest BCUT2D eigenvalue weighted by atomic mass is 10.1. The molecule has 6 nitrogen and oxygen atoms in total. The summed E-state index contributed by atoms with van der Waals surface area (Å²) < 4.78 is 10.1. The van der Waals surface area contributed by atoms with Gasteiger partial charge in [-0.05, 0) is 12.8 Å². The van der Waals surface area contributed by atoms with Crippen molar-refractivity contribution in [2.45, 2.75) is 31.4 Å². The van der Waals surface area contributed by atoms with Crippen molar-refractivity contribution in [3.63, 3.8) is 0 Å². The van der Waals surface area contributed by atoms with E-state index in [4.69, 9.17) is 4.74 Å². The maximum Gasteiger partial charge on any atom is 0.307 e. The Hall–Kier alpha value is -0.850. The molecule has 2 aliphatic rings. The molecule has 2 heterocycles. The van der Waals surface area contributed by atoms with Crippen LogP contribution in [0.2, 0.25) is 0 Å². The van der Waals surface area contributed by atoms with Gasteiger partial charge in [-0.3, -0.25) is 9.59 Å². The van der Waals surface area contributed by atoms with Gasteiger partial charge in [0.1, 0.15) is 0 Å². The van der Waals surface area contributed by atoms with Crippen molar-refractivity contribution >= 4 is 24.3 Å². The van der Waals surface area contributed by atoms with Crippen LogP contribution in [0.3, 0.4) is 0 Å². The highest BCUT2D eigenvalue weighted by Gasteiger charge is 2.32. The molecule has 0 saturated carbocycles. The van der Waals surface area contributed by atoms with Gasteiger partial charge in [-0.2, -0.15) is 0 Å². The van der Waals surface area contributed by atoms with Gasteiger partial charge in [-0.25, -0.2) is 0 Å². The molecule has 0 spiro atoms. The second-order valence-electron chi connectivity index (χ2n) is 4.71. The lowest BCUT2D eigenvalue weighted by Gasteiger charge is -2.34. The molecule has 0 bridgehead atoms. The monoisotopic (exact) mass is 292 g/mol. The topological polar surface area (TPSA) is 67.9 Å². The van der Waals surface area contributed by atoms with Crippen molar-refractivity contribution in [2.75, 3.05) is 33.4 Å². The summed E-state index contributed by atoms with van der Waals surface area (Å²) >= 11 is 0. The molecule has 2 aliphatic heterocycles. The number of nitrogens with one attached hydrogen (secondary N) is 1. The second-order valence-corrected chi connectivity index (χ2v) is 4.71. The number of hydrogen-bond acceptors (Lipinski definition) is 5. The van der Waals surface area contributed by atoms with Crippen LogP contribution in [-0.2, 0) is 19.1 Å². The fourth-order valence-electron chi connectivity index (χ4n) is 2.42. The number of methoxy groups -OCH3 is 1. The van der Waals surface area contributed by atoms with Gasteiger partial charge in [-0.15, -0.1) is 12.4 Å². The number of halogens is 1. The van der Waals surface area contributed by atoms with Gasteiger partial charge in [-0.1, -0.05) is 0 Å². The molecule has 2 atom stereocenters. The highest BCUT2D eigenvalue weighted by molar-refractivity contribution is 5.87. The Morgan fingerprint density at radius 3 is 3.00 bits per heavy atom. The van der Waals surface area contributed by atoms with Gasteiger partial charge >= 0.3 is 5.97 Å². The third kappa shape index (κ3) is 4.33. The van der Waals surface area contributed by atoms with Crippen LogP contribution in [0.5, 0.6) is 0 Å². The minimum absolute atomic E-state index is 0. The first-order chi connectivity index (χ1) is 8.70. The second kappa shape index (κ2) is 7.67. The number of piperazine rings is 1. The molecule has 110 valence electrons. The molecule has 0 aromatic carbocycles. The van der Waals surface area contributed by atoms with Gasteiger partial charge in [0, 0.05) is 26.2 Å². The standard InChI is InChI=1S/C12H20N2O4.ClH/c1-17-11(15)7-10-12(16)14(5-4-13-10)8-9-3-2-6-18-9;/h9-10,13H,2-8H2,1H3;1H. The predicted molar refractivity (Wildman–Crippen MR) is 71.2 cm³/mol. The van der Waals surface area contributed by atoms with Gasteiger partial charge < -0.3 is 19.7 Å². The van der Waals surface area contributed by atoms with Crippen LogP contribution >= 0.6 is 12.4 Å². The zero-order valence-corrected chi connectivity index (χ0v) is 11.9. The maximum absolute atomic E-state index is 12.2. The van der Waals surface area contributed by atoms with Crippen LogP contribution in [0, 0.1) is 0 Å². The summed E-state index contributed by atoms with van der Waals surface area (Å²) in [5.74, 6) is -0.387. The summed E-state index contributed by atoms with van der Waals surface area (Å²) in [6.07, 6.45) is 2.33. The number of amides is 1. The first kappa shape index (κ1) is 16.2. The van der Waals surface area contributed by atoms with E-state index in [1.54, 1.807) is 4.90 Å². The molecule has 1 N–H and O–H groups in total. The van der Waals surface area contributed by atoms with E-state index in [1.807, 2.05) is 0 Å². The van der Waals surface area contributed by atoms with Crippen LogP contribution in [0.4, 0.5) is 0 Å². The minimum Gasteiger partial charge on any atom is -0.469 e. The van der Waals surface area contributed by atoms with Crippen LogP contribution in [0.15, 0.2) is 0 Å². The Labute approximate surface area is 119 Å². The molecule has 2 unspecified atom stereocenters. The molecule has 0 aliphatic carbocycles. The molecule has 0 aromatic heterocycles. The molecular formula is C12H21ClN2O4. The number of carbonyl (C=O) groups is 2. The maximum atomic E-state index is 12.2. The molecule has 2 fully saturated rings. The first-order valence-electron chi connectivity index (χ1n) is 6.41. The van der Waals surface area contributed by atoms with E-state index in [0.29, 0.717) is 19.6 Å². The van der Waals surface area contributed by atoms with E-state index >= 15 is 0 Å². The van der Waals surface area contributed by atoms with Gasteiger partial charge in [0.15, 0.2) is 0 Å². The van der Waals surface area contributed by atoms with Crippen molar-refractivity contribution < 1.29 is 19.1 Å². The summed E-state index contributed by atoms with van der Waals surface area (Å²) in [7, 11) is 1.33. The Kier molecular flexibility index (Phi) is 6.54. The zero-order valence-electron chi connectivity index (χ0n) is 11.1. The van der Waals surface area contributed by atoms with Crippen LogP contribution in [0.1, 0.15) is 19.3 Å². The SMILES string of the molecule is COC(=O)CC1NCCN(CC2CCCO2)C1=O.Cl. The number of ether oxygens (including phenoxy) is 2. The molecule has 1 amide bonds. The minimum atomic E-state index is -0.451. The average molecular weight is 293 g/mol. The lowest BCUT2D eigenvalue weighted by Crippen LogP contribution is -2.57. The number of hydrogen-bond donors (Lipinski definition) is 1. The molecule has 2 saturated heterocycles. The number of carbonyl (C=O) groups excluding carboxylic acids is 2. The van der Waals surface area contributed by atoms with Crippen LogP contribution < -0.4 is 5.32 Å². The smallest absolute Gasteiger partial charge is 0.307 e. The molecule has 0 aromatic rings. The van der Waals surface area contributed by atoms with E-state index < -0.39 is 6.04 Å². The fourth-order valence-corrected chi connectivity index (χ4v) is 2.42. The molecule has 0 radical (unpaired) electrons. The number of esters is 1. The van der Waals surface area contributed by atoms with Crippen molar-refractivity contribution in [1.82, 2.24) is 10.2 Å². The van der Waals surface area contributed by atoms with Crippen LogP contribution in [-0.4, -0.2) is 62.3 Å². The first-order valence-corrected chi connectivity index (χ1v) is 6.41. The van der Waals surface area contributed by atoms with Crippen molar-refractivity contribution in [3.8, 4) is 0 Å². The highest BCUT2D eigenvalue weighted by atomic mass is 35.5. The average Bonchev–Trinajstić information content (AvgIpc) is 2.87. The molecule has 7 heteroatoms. The van der Waals surface area contributed by atoms with Gasteiger partial charge in [0.2, 0.25) is 5.91 Å². The predicted octanol–water partition coefficient (Wildman–Crippen LogP) is -0.0493. The highest BCUT2D eigenvalue weighted by Crippen LogP contribution is 2.15. The third-order valence-corrected chi connectivity index (χ3v) is 3.43. The zero-order chi connectivity index (χ0) is 13.0. The largest absolute Gasteiger partial charge is 0.469 e. The summed E-state index contributed by atoms with van der Waals surface area (Å²) in [4.78, 5) is 25.2. The molecule has 2 rings (SSSR count). The van der Waals surface area contributed by atoms with E-state index in [0.717, 1.165) is 19.4 Å². The van der Waals surface area contributed by atoms with Gasteiger partial charge in [0.05, 0.1) is 25.7 Å². The summed E-state index contributed by atoms with van der Waals surface area (Å²) in [5, 5.41) is 3.06. The van der Waals surface area contributed by atoms with Crippen molar-refractivity contribution in [2.24, 2.45) is 0 Å².